The van der Waals surface area contributed by atoms with E-state index >= 15 is 0 Å². The van der Waals surface area contributed by atoms with Crippen LogP contribution in [0, 0.1) is 16.7 Å². The van der Waals surface area contributed by atoms with Gasteiger partial charge >= 0.3 is 0 Å². The Morgan fingerprint density at radius 1 is 1.50 bits per heavy atom. The van der Waals surface area contributed by atoms with Crippen LogP contribution < -0.4 is 0 Å². The van der Waals surface area contributed by atoms with Gasteiger partial charge in [-0.05, 0) is 25.8 Å². The van der Waals surface area contributed by atoms with Gasteiger partial charge in [-0.25, -0.2) is 8.42 Å². The minimum atomic E-state index is -2.82. The van der Waals surface area contributed by atoms with Crippen LogP contribution in [0.15, 0.2) is 0 Å². The molecule has 0 amide bonds. The zero-order valence-electron chi connectivity index (χ0n) is 9.65. The first kappa shape index (κ1) is 11.9. The summed E-state index contributed by atoms with van der Waals surface area (Å²) in [6.45, 7) is 3.63. The van der Waals surface area contributed by atoms with E-state index in [1.165, 1.54) is 0 Å². The fourth-order valence-electron chi connectivity index (χ4n) is 2.41. The predicted octanol–water partition coefficient (Wildman–Crippen LogP) is 0.799. The molecule has 4 nitrogen and oxygen atoms in total. The van der Waals surface area contributed by atoms with Gasteiger partial charge in [0.25, 0.3) is 0 Å². The Hall–Kier alpha value is -0.600. The van der Waals surface area contributed by atoms with Gasteiger partial charge < -0.3 is 0 Å². The molecule has 2 fully saturated rings. The highest BCUT2D eigenvalue weighted by Crippen LogP contribution is 2.46. The minimum absolute atomic E-state index is 0.140. The van der Waals surface area contributed by atoms with Crippen molar-refractivity contribution < 1.29 is 8.42 Å². The van der Waals surface area contributed by atoms with E-state index in [1.54, 1.807) is 0 Å². The fourth-order valence-corrected chi connectivity index (χ4v) is 4.17. The third-order valence-corrected chi connectivity index (χ3v) is 5.48. The van der Waals surface area contributed by atoms with E-state index in [0.717, 1.165) is 32.4 Å². The maximum Gasteiger partial charge on any atom is 0.151 e. The first-order valence-corrected chi connectivity index (χ1v) is 7.68. The van der Waals surface area contributed by atoms with E-state index in [4.69, 9.17) is 5.26 Å². The van der Waals surface area contributed by atoms with Gasteiger partial charge in [-0.1, -0.05) is 6.92 Å². The molecule has 0 bridgehead atoms. The van der Waals surface area contributed by atoms with Crippen molar-refractivity contribution in [1.82, 2.24) is 4.90 Å². The van der Waals surface area contributed by atoms with Crippen LogP contribution >= 0.6 is 0 Å². The molecule has 2 rings (SSSR count). The molecule has 1 atom stereocenters. The number of nitriles is 1. The molecule has 1 unspecified atom stereocenters. The molecular weight excluding hydrogens is 224 g/mol. The summed E-state index contributed by atoms with van der Waals surface area (Å²) in [7, 11) is -2.82. The van der Waals surface area contributed by atoms with Gasteiger partial charge in [0.1, 0.15) is 0 Å². The van der Waals surface area contributed by atoms with Gasteiger partial charge in [-0.15, -0.1) is 0 Å². The Labute approximate surface area is 97.2 Å². The predicted molar refractivity (Wildman–Crippen MR) is 61.6 cm³/mol. The lowest BCUT2D eigenvalue weighted by Gasteiger charge is -2.28. The average Bonchev–Trinajstić information content (AvgIpc) is 2.94. The second-order valence-electron chi connectivity index (χ2n) is 5.01. The van der Waals surface area contributed by atoms with Crippen LogP contribution in [0.4, 0.5) is 0 Å². The number of hydrogen-bond donors (Lipinski definition) is 0. The third kappa shape index (κ3) is 2.38. The Balaban J connectivity index is 1.99. The Bertz CT molecular complexity index is 406. The zero-order chi connectivity index (χ0) is 11.8. The summed E-state index contributed by atoms with van der Waals surface area (Å²) in [5, 5.41) is 9.05. The summed E-state index contributed by atoms with van der Waals surface area (Å²) in [4.78, 5) is 2.18. The molecular formula is C11H18N2O2S. The minimum Gasteiger partial charge on any atom is -0.298 e. The van der Waals surface area contributed by atoms with Crippen molar-refractivity contribution in [1.29, 1.82) is 5.26 Å². The van der Waals surface area contributed by atoms with Crippen molar-refractivity contribution in [2.45, 2.75) is 32.2 Å². The van der Waals surface area contributed by atoms with Crippen molar-refractivity contribution >= 4 is 9.84 Å². The highest BCUT2D eigenvalue weighted by atomic mass is 32.2. The lowest BCUT2D eigenvalue weighted by molar-refractivity contribution is 0.198. The largest absolute Gasteiger partial charge is 0.298 e. The number of rotatable bonds is 4. The molecule has 0 radical (unpaired) electrons. The molecule has 0 aromatic carbocycles. The van der Waals surface area contributed by atoms with Crippen LogP contribution in [-0.2, 0) is 9.84 Å². The zero-order valence-corrected chi connectivity index (χ0v) is 10.5. The maximum absolute atomic E-state index is 11.4. The van der Waals surface area contributed by atoms with Gasteiger partial charge in [0.15, 0.2) is 9.84 Å². The van der Waals surface area contributed by atoms with Crippen LogP contribution in [0.3, 0.4) is 0 Å². The quantitative estimate of drug-likeness (QED) is 0.731. The molecule has 0 aromatic heterocycles. The van der Waals surface area contributed by atoms with E-state index in [1.807, 2.05) is 6.92 Å². The first-order valence-electron chi connectivity index (χ1n) is 5.86. The van der Waals surface area contributed by atoms with Crippen LogP contribution in [-0.4, -0.2) is 44.0 Å². The van der Waals surface area contributed by atoms with Crippen molar-refractivity contribution in [2.75, 3.05) is 24.6 Å². The molecule has 1 saturated carbocycles. The van der Waals surface area contributed by atoms with Crippen LogP contribution in [0.1, 0.15) is 26.2 Å². The summed E-state index contributed by atoms with van der Waals surface area (Å²) in [5.74, 6) is 0.593. The SMILES string of the molecule is CCN(CC1(C#N)CC1)C1CCS(=O)(=O)C1. The Kier molecular flexibility index (Phi) is 2.97. The summed E-state index contributed by atoms with van der Waals surface area (Å²) in [6.07, 6.45) is 2.68. The van der Waals surface area contributed by atoms with Gasteiger partial charge in [-0.2, -0.15) is 5.26 Å². The fraction of sp³-hybridized carbons (Fsp3) is 0.909. The summed E-state index contributed by atoms with van der Waals surface area (Å²) < 4.78 is 22.8. The lowest BCUT2D eigenvalue weighted by atomic mass is 10.1. The molecule has 90 valence electrons. The van der Waals surface area contributed by atoms with E-state index in [9.17, 15) is 8.42 Å². The smallest absolute Gasteiger partial charge is 0.151 e. The molecule has 0 N–H and O–H groups in total. The summed E-state index contributed by atoms with van der Waals surface area (Å²) in [6, 6.07) is 2.51. The van der Waals surface area contributed by atoms with Gasteiger partial charge in [-0.3, -0.25) is 4.90 Å². The topological polar surface area (TPSA) is 61.2 Å². The molecule has 5 heteroatoms. The Morgan fingerprint density at radius 3 is 2.56 bits per heavy atom. The number of hydrogen-bond acceptors (Lipinski definition) is 4. The van der Waals surface area contributed by atoms with E-state index in [-0.39, 0.29) is 17.2 Å². The molecule has 1 saturated heterocycles. The highest BCUT2D eigenvalue weighted by Gasteiger charge is 2.46. The van der Waals surface area contributed by atoms with Crippen LogP contribution in [0.5, 0.6) is 0 Å². The summed E-state index contributed by atoms with van der Waals surface area (Å²) in [5.41, 5.74) is -0.164. The standard InChI is InChI=1S/C11H18N2O2S/c1-2-13(9-11(8-12)4-5-11)10-3-6-16(14,15)7-10/h10H,2-7,9H2,1H3. The van der Waals surface area contributed by atoms with Crippen molar-refractivity contribution in [2.24, 2.45) is 5.41 Å². The summed E-state index contributed by atoms with van der Waals surface area (Å²) >= 11 is 0. The van der Waals surface area contributed by atoms with Crippen molar-refractivity contribution in [3.05, 3.63) is 0 Å². The van der Waals surface area contributed by atoms with Gasteiger partial charge in [0.2, 0.25) is 0 Å². The first-order chi connectivity index (χ1) is 7.50. The van der Waals surface area contributed by atoms with E-state index < -0.39 is 9.84 Å². The second-order valence-corrected chi connectivity index (χ2v) is 7.24. The third-order valence-electron chi connectivity index (χ3n) is 3.73. The van der Waals surface area contributed by atoms with Crippen molar-refractivity contribution in [3.63, 3.8) is 0 Å². The number of nitrogens with zero attached hydrogens (tertiary/aromatic N) is 2. The number of sulfone groups is 1. The molecule has 1 aliphatic carbocycles. The van der Waals surface area contributed by atoms with E-state index in [0.29, 0.717) is 5.75 Å². The van der Waals surface area contributed by atoms with Gasteiger partial charge in [0, 0.05) is 12.6 Å². The highest BCUT2D eigenvalue weighted by molar-refractivity contribution is 7.91. The van der Waals surface area contributed by atoms with Crippen LogP contribution in [0.2, 0.25) is 0 Å². The normalized spacial score (nSPS) is 30.2. The molecule has 16 heavy (non-hydrogen) atoms. The second kappa shape index (κ2) is 4.01. The van der Waals surface area contributed by atoms with Crippen LogP contribution in [0.25, 0.3) is 0 Å². The molecule has 1 aliphatic heterocycles. The van der Waals surface area contributed by atoms with E-state index in [2.05, 4.69) is 11.0 Å². The van der Waals surface area contributed by atoms with Crippen molar-refractivity contribution in [3.8, 4) is 6.07 Å². The Morgan fingerprint density at radius 2 is 2.19 bits per heavy atom. The monoisotopic (exact) mass is 242 g/mol. The average molecular weight is 242 g/mol. The maximum atomic E-state index is 11.4. The molecule has 0 aromatic rings. The van der Waals surface area contributed by atoms with Gasteiger partial charge in [0.05, 0.1) is 23.0 Å². The molecule has 0 spiro atoms. The lowest BCUT2D eigenvalue weighted by Crippen LogP contribution is -2.39. The molecule has 1 heterocycles. The molecule has 2 aliphatic rings.